The molecule has 1 amide bonds. The fourth-order valence-corrected chi connectivity index (χ4v) is 2.10. The molecule has 0 aliphatic carbocycles. The molecule has 0 bridgehead atoms. The second kappa shape index (κ2) is 4.68. The van der Waals surface area contributed by atoms with Crippen LogP contribution in [0.2, 0.25) is 0 Å². The van der Waals surface area contributed by atoms with Gasteiger partial charge in [-0.1, -0.05) is 11.6 Å². The molecule has 0 spiro atoms. The molecule has 0 saturated heterocycles. The molecule has 0 radical (unpaired) electrons. The monoisotopic (exact) mass is 258 g/mol. The summed E-state index contributed by atoms with van der Waals surface area (Å²) in [5.74, 6) is -1.07. The summed E-state index contributed by atoms with van der Waals surface area (Å²) < 4.78 is 0. The summed E-state index contributed by atoms with van der Waals surface area (Å²) in [6.45, 7) is 5.12. The highest BCUT2D eigenvalue weighted by atomic mass is 16.4. The van der Waals surface area contributed by atoms with Gasteiger partial charge < -0.3 is 10.4 Å². The van der Waals surface area contributed by atoms with Crippen LogP contribution in [0, 0.1) is 13.8 Å². The number of pyridine rings is 1. The van der Waals surface area contributed by atoms with Crippen molar-refractivity contribution in [3.05, 3.63) is 34.9 Å². The van der Waals surface area contributed by atoms with Crippen LogP contribution in [-0.4, -0.2) is 22.0 Å². The summed E-state index contributed by atoms with van der Waals surface area (Å²) in [6, 6.07) is 5.10. The molecule has 2 rings (SSSR count). The third-order valence-electron chi connectivity index (χ3n) is 2.78. The molecule has 98 valence electrons. The lowest BCUT2D eigenvalue weighted by Gasteiger charge is -2.10. The van der Waals surface area contributed by atoms with Crippen molar-refractivity contribution >= 4 is 28.6 Å². The van der Waals surface area contributed by atoms with E-state index in [2.05, 4.69) is 10.3 Å². The topological polar surface area (TPSA) is 79.3 Å². The Morgan fingerprint density at radius 1 is 1.21 bits per heavy atom. The average Bonchev–Trinajstić information content (AvgIpc) is 2.28. The Hall–Kier alpha value is -2.43. The van der Waals surface area contributed by atoms with Crippen LogP contribution < -0.4 is 5.32 Å². The van der Waals surface area contributed by atoms with Gasteiger partial charge in [-0.3, -0.25) is 4.79 Å². The number of carbonyl (C=O) groups excluding carboxylic acids is 1. The van der Waals surface area contributed by atoms with Gasteiger partial charge in [-0.2, -0.15) is 0 Å². The van der Waals surface area contributed by atoms with Crippen molar-refractivity contribution in [2.45, 2.75) is 20.8 Å². The van der Waals surface area contributed by atoms with Crippen molar-refractivity contribution in [2.75, 3.05) is 5.32 Å². The second-order valence-corrected chi connectivity index (χ2v) is 4.52. The molecule has 19 heavy (non-hydrogen) atoms. The Morgan fingerprint density at radius 3 is 2.47 bits per heavy atom. The number of carboxylic acid groups (broad SMARTS) is 1. The number of amides is 1. The lowest BCUT2D eigenvalue weighted by molar-refractivity contribution is -0.114. The number of anilines is 1. The fourth-order valence-electron chi connectivity index (χ4n) is 2.10. The minimum absolute atomic E-state index is 0.139. The molecule has 2 N–H and O–H groups in total. The zero-order valence-electron chi connectivity index (χ0n) is 10.9. The van der Waals surface area contributed by atoms with Gasteiger partial charge in [-0.05, 0) is 31.5 Å². The number of hydrogen-bond acceptors (Lipinski definition) is 3. The summed E-state index contributed by atoms with van der Waals surface area (Å²) in [5, 5.41) is 12.4. The van der Waals surface area contributed by atoms with E-state index in [0.717, 1.165) is 11.1 Å². The number of carboxylic acids is 1. The normalized spacial score (nSPS) is 10.5. The Kier molecular flexibility index (Phi) is 3.21. The van der Waals surface area contributed by atoms with E-state index in [9.17, 15) is 14.7 Å². The summed E-state index contributed by atoms with van der Waals surface area (Å²) in [7, 11) is 0. The molecular formula is C14H14N2O3. The third-order valence-corrected chi connectivity index (χ3v) is 2.78. The van der Waals surface area contributed by atoms with Gasteiger partial charge in [-0.25, -0.2) is 9.78 Å². The highest BCUT2D eigenvalue weighted by molar-refractivity contribution is 6.05. The van der Waals surface area contributed by atoms with Gasteiger partial charge in [0.1, 0.15) is 5.82 Å². The Morgan fingerprint density at radius 2 is 1.89 bits per heavy atom. The van der Waals surface area contributed by atoms with Crippen LogP contribution in [0.15, 0.2) is 18.2 Å². The maximum atomic E-state index is 11.3. The highest BCUT2D eigenvalue weighted by Crippen LogP contribution is 2.25. The second-order valence-electron chi connectivity index (χ2n) is 4.52. The maximum Gasteiger partial charge on any atom is 0.336 e. The molecular weight excluding hydrogens is 244 g/mol. The summed E-state index contributed by atoms with van der Waals surface area (Å²) in [5.41, 5.74) is 2.58. The maximum absolute atomic E-state index is 11.3. The molecule has 0 aliphatic rings. The molecule has 0 atom stereocenters. The predicted octanol–water partition coefficient (Wildman–Crippen LogP) is 2.51. The van der Waals surface area contributed by atoms with Gasteiger partial charge in [0.2, 0.25) is 5.91 Å². The van der Waals surface area contributed by atoms with Gasteiger partial charge in [0, 0.05) is 12.3 Å². The standard InChI is InChI=1S/C14H14N2O3/c1-7-4-8(2)13-10(5-7)11(14(18)19)6-12(16-13)15-9(3)17/h4-6H,1-3H3,(H,18,19)(H,15,16,17). The summed E-state index contributed by atoms with van der Waals surface area (Å²) >= 11 is 0. The van der Waals surface area contributed by atoms with Gasteiger partial charge in [0.05, 0.1) is 11.1 Å². The number of aromatic nitrogens is 1. The van der Waals surface area contributed by atoms with E-state index < -0.39 is 5.97 Å². The summed E-state index contributed by atoms with van der Waals surface area (Å²) in [6.07, 6.45) is 0. The van der Waals surface area contributed by atoms with E-state index in [4.69, 9.17) is 0 Å². The number of fused-ring (bicyclic) bond motifs is 1. The predicted molar refractivity (Wildman–Crippen MR) is 72.5 cm³/mol. The van der Waals surface area contributed by atoms with E-state index in [1.54, 1.807) is 6.07 Å². The summed E-state index contributed by atoms with van der Waals surface area (Å²) in [4.78, 5) is 26.7. The Labute approximate surface area is 110 Å². The number of benzene rings is 1. The number of nitrogens with one attached hydrogen (secondary N) is 1. The number of rotatable bonds is 2. The van der Waals surface area contributed by atoms with Gasteiger partial charge in [0.15, 0.2) is 0 Å². The third kappa shape index (κ3) is 2.54. The smallest absolute Gasteiger partial charge is 0.336 e. The Bertz CT molecular complexity index is 693. The molecule has 1 aromatic carbocycles. The first-order valence-corrected chi connectivity index (χ1v) is 5.81. The first-order valence-electron chi connectivity index (χ1n) is 5.81. The van der Waals surface area contributed by atoms with Crippen LogP contribution in [0.5, 0.6) is 0 Å². The molecule has 0 fully saturated rings. The molecule has 2 aromatic rings. The highest BCUT2D eigenvalue weighted by Gasteiger charge is 2.14. The molecule has 5 nitrogen and oxygen atoms in total. The van der Waals surface area contributed by atoms with Crippen LogP contribution in [-0.2, 0) is 4.79 Å². The lowest BCUT2D eigenvalue weighted by atomic mass is 10.0. The molecule has 0 unspecified atom stereocenters. The molecule has 0 aliphatic heterocycles. The quantitative estimate of drug-likeness (QED) is 0.867. The first kappa shape index (κ1) is 13.0. The van der Waals surface area contributed by atoms with Gasteiger partial charge in [-0.15, -0.1) is 0 Å². The van der Waals surface area contributed by atoms with E-state index in [0.29, 0.717) is 10.9 Å². The van der Waals surface area contributed by atoms with Crippen molar-refractivity contribution in [1.82, 2.24) is 4.98 Å². The van der Waals surface area contributed by atoms with Crippen molar-refractivity contribution in [3.8, 4) is 0 Å². The van der Waals surface area contributed by atoms with Crippen LogP contribution in [0.1, 0.15) is 28.4 Å². The SMILES string of the molecule is CC(=O)Nc1cc(C(=O)O)c2cc(C)cc(C)c2n1. The number of carbonyl (C=O) groups is 2. The minimum atomic E-state index is -1.04. The minimum Gasteiger partial charge on any atom is -0.478 e. The van der Waals surface area contributed by atoms with Crippen molar-refractivity contribution in [2.24, 2.45) is 0 Å². The lowest BCUT2D eigenvalue weighted by Crippen LogP contribution is -2.10. The van der Waals surface area contributed by atoms with Gasteiger partial charge in [0.25, 0.3) is 0 Å². The fraction of sp³-hybridized carbons (Fsp3) is 0.214. The largest absolute Gasteiger partial charge is 0.478 e. The van der Waals surface area contributed by atoms with Crippen molar-refractivity contribution in [3.63, 3.8) is 0 Å². The first-order chi connectivity index (χ1) is 8.88. The van der Waals surface area contributed by atoms with Crippen LogP contribution in [0.25, 0.3) is 10.9 Å². The number of aryl methyl sites for hydroxylation is 2. The van der Waals surface area contributed by atoms with E-state index in [-0.39, 0.29) is 17.3 Å². The van der Waals surface area contributed by atoms with Crippen molar-refractivity contribution < 1.29 is 14.7 Å². The molecule has 5 heteroatoms. The number of hydrogen-bond donors (Lipinski definition) is 2. The number of nitrogens with zero attached hydrogens (tertiary/aromatic N) is 1. The van der Waals surface area contributed by atoms with Crippen LogP contribution in [0.4, 0.5) is 5.82 Å². The molecule has 1 aromatic heterocycles. The molecule has 1 heterocycles. The molecule has 0 saturated carbocycles. The van der Waals surface area contributed by atoms with Crippen LogP contribution in [0.3, 0.4) is 0 Å². The van der Waals surface area contributed by atoms with E-state index in [1.165, 1.54) is 13.0 Å². The van der Waals surface area contributed by atoms with Gasteiger partial charge >= 0.3 is 5.97 Å². The Balaban J connectivity index is 2.79. The van der Waals surface area contributed by atoms with E-state index >= 15 is 0 Å². The van der Waals surface area contributed by atoms with Crippen LogP contribution >= 0.6 is 0 Å². The zero-order valence-corrected chi connectivity index (χ0v) is 10.9. The zero-order chi connectivity index (χ0) is 14.2. The van der Waals surface area contributed by atoms with E-state index in [1.807, 2.05) is 19.9 Å². The number of aromatic carboxylic acids is 1. The van der Waals surface area contributed by atoms with Crippen molar-refractivity contribution in [1.29, 1.82) is 0 Å². The average molecular weight is 258 g/mol.